The highest BCUT2D eigenvalue weighted by atomic mass is 35.5. The van der Waals surface area contributed by atoms with Crippen molar-refractivity contribution in [1.82, 2.24) is 9.88 Å². The summed E-state index contributed by atoms with van der Waals surface area (Å²) in [5, 5.41) is 4.31. The molecule has 1 aromatic heterocycles. The van der Waals surface area contributed by atoms with E-state index in [-0.39, 0.29) is 17.7 Å². The predicted octanol–water partition coefficient (Wildman–Crippen LogP) is 4.67. The molecule has 1 aliphatic heterocycles. The average molecular weight is 420 g/mol. The van der Waals surface area contributed by atoms with Gasteiger partial charge >= 0.3 is 0 Å². The molecule has 1 atom stereocenters. The largest absolute Gasteiger partial charge is 0.342 e. The Bertz CT molecular complexity index is 852. The molecule has 0 radical (unpaired) electrons. The monoisotopic (exact) mass is 419 g/mol. The molecule has 1 N–H and O–H groups in total. The van der Waals surface area contributed by atoms with Gasteiger partial charge in [0.15, 0.2) is 5.13 Å². The fraction of sp³-hybridized carbons (Fsp3) is 0.476. The second kappa shape index (κ2) is 9.52. The Morgan fingerprint density at radius 2 is 2.21 bits per heavy atom. The van der Waals surface area contributed by atoms with Crippen LogP contribution in [0.25, 0.3) is 0 Å². The molecule has 150 valence electrons. The predicted molar refractivity (Wildman–Crippen MR) is 114 cm³/mol. The van der Waals surface area contributed by atoms with Crippen LogP contribution in [-0.2, 0) is 16.0 Å². The fourth-order valence-corrected chi connectivity index (χ4v) is 4.51. The molecular formula is C21H26ClN3O2S. The number of rotatable bonds is 6. The number of nitrogens with zero attached hydrogens (tertiary/aromatic N) is 2. The first-order valence-corrected chi connectivity index (χ1v) is 10.9. The number of anilines is 1. The number of benzene rings is 1. The quantitative estimate of drug-likeness (QED) is 0.739. The highest BCUT2D eigenvalue weighted by Gasteiger charge is 2.28. The van der Waals surface area contributed by atoms with Gasteiger partial charge < -0.3 is 10.2 Å². The Balaban J connectivity index is 1.59. The summed E-state index contributed by atoms with van der Waals surface area (Å²) in [6, 6.07) is 6.00. The molecular weight excluding hydrogens is 394 g/mol. The number of amides is 2. The summed E-state index contributed by atoms with van der Waals surface area (Å²) >= 11 is 7.85. The van der Waals surface area contributed by atoms with Gasteiger partial charge in [0.2, 0.25) is 11.8 Å². The van der Waals surface area contributed by atoms with E-state index >= 15 is 0 Å². The molecule has 0 bridgehead atoms. The van der Waals surface area contributed by atoms with E-state index in [0.29, 0.717) is 24.5 Å². The summed E-state index contributed by atoms with van der Waals surface area (Å²) in [6.45, 7) is 5.24. The van der Waals surface area contributed by atoms with E-state index in [1.807, 2.05) is 36.9 Å². The molecule has 0 aliphatic carbocycles. The van der Waals surface area contributed by atoms with Crippen molar-refractivity contribution in [3.8, 4) is 0 Å². The lowest BCUT2D eigenvalue weighted by atomic mass is 9.97. The van der Waals surface area contributed by atoms with Crippen molar-refractivity contribution in [1.29, 1.82) is 0 Å². The van der Waals surface area contributed by atoms with Crippen molar-refractivity contribution < 1.29 is 9.59 Å². The number of nitrogens with one attached hydrogen (secondary N) is 1. The number of halogens is 1. The van der Waals surface area contributed by atoms with E-state index in [9.17, 15) is 9.59 Å². The topological polar surface area (TPSA) is 62.3 Å². The highest BCUT2D eigenvalue weighted by molar-refractivity contribution is 7.15. The second-order valence-electron chi connectivity index (χ2n) is 7.27. The summed E-state index contributed by atoms with van der Waals surface area (Å²) in [5.41, 5.74) is 2.11. The number of likely N-dealkylation sites (tertiary alicyclic amines) is 1. The number of carbonyl (C=O) groups excluding carboxylic acids is 2. The molecule has 1 unspecified atom stereocenters. The molecule has 28 heavy (non-hydrogen) atoms. The van der Waals surface area contributed by atoms with Gasteiger partial charge in [0.25, 0.3) is 0 Å². The second-order valence-corrected chi connectivity index (χ2v) is 8.77. The third kappa shape index (κ3) is 5.11. The molecule has 2 amide bonds. The van der Waals surface area contributed by atoms with Gasteiger partial charge in [0, 0.05) is 42.0 Å². The molecule has 2 aromatic rings. The van der Waals surface area contributed by atoms with E-state index < -0.39 is 0 Å². The van der Waals surface area contributed by atoms with Crippen LogP contribution in [0.1, 0.15) is 48.6 Å². The average Bonchev–Trinajstić information content (AvgIpc) is 3.12. The molecule has 1 aliphatic rings. The van der Waals surface area contributed by atoms with Crippen molar-refractivity contribution in [3.05, 3.63) is 45.4 Å². The first-order valence-electron chi connectivity index (χ1n) is 9.75. The van der Waals surface area contributed by atoms with Crippen LogP contribution in [0.4, 0.5) is 5.13 Å². The summed E-state index contributed by atoms with van der Waals surface area (Å²) in [5.74, 6) is -0.0804. The van der Waals surface area contributed by atoms with Gasteiger partial charge in [-0.25, -0.2) is 4.98 Å². The maximum Gasteiger partial charge on any atom is 0.231 e. The molecule has 1 aromatic carbocycles. The zero-order valence-electron chi connectivity index (χ0n) is 16.3. The minimum Gasteiger partial charge on any atom is -0.342 e. The maximum absolute atomic E-state index is 12.7. The number of hydrogen-bond acceptors (Lipinski definition) is 4. The maximum atomic E-state index is 12.7. The van der Waals surface area contributed by atoms with E-state index in [4.69, 9.17) is 11.6 Å². The van der Waals surface area contributed by atoms with Crippen molar-refractivity contribution in [2.45, 2.75) is 46.0 Å². The molecule has 5 nitrogen and oxygen atoms in total. The van der Waals surface area contributed by atoms with Crippen molar-refractivity contribution in [2.75, 3.05) is 18.4 Å². The Hall–Kier alpha value is -1.92. The third-order valence-corrected chi connectivity index (χ3v) is 6.48. The van der Waals surface area contributed by atoms with Gasteiger partial charge in [-0.05, 0) is 37.3 Å². The van der Waals surface area contributed by atoms with Crippen LogP contribution in [0, 0.1) is 12.8 Å². The summed E-state index contributed by atoms with van der Waals surface area (Å²) in [4.78, 5) is 32.0. The summed E-state index contributed by atoms with van der Waals surface area (Å²) in [7, 11) is 0. The molecule has 3 rings (SSSR count). The van der Waals surface area contributed by atoms with E-state index in [0.717, 1.165) is 46.8 Å². The highest BCUT2D eigenvalue weighted by Crippen LogP contribution is 2.27. The molecule has 1 fully saturated rings. The first kappa shape index (κ1) is 20.8. The van der Waals surface area contributed by atoms with Crippen LogP contribution >= 0.6 is 22.9 Å². The normalized spacial score (nSPS) is 16.8. The smallest absolute Gasteiger partial charge is 0.231 e. The number of carbonyl (C=O) groups is 2. The zero-order chi connectivity index (χ0) is 20.1. The van der Waals surface area contributed by atoms with Crippen molar-refractivity contribution in [3.63, 3.8) is 0 Å². The minimum absolute atomic E-state index is 0.0523. The van der Waals surface area contributed by atoms with Crippen LogP contribution in [0.5, 0.6) is 0 Å². The molecule has 2 heterocycles. The van der Waals surface area contributed by atoms with E-state index in [1.165, 1.54) is 11.3 Å². The van der Waals surface area contributed by atoms with Gasteiger partial charge in [-0.15, -0.1) is 11.3 Å². The van der Waals surface area contributed by atoms with Crippen LogP contribution < -0.4 is 5.32 Å². The lowest BCUT2D eigenvalue weighted by Crippen LogP contribution is -2.43. The number of aryl methyl sites for hydroxylation is 1. The van der Waals surface area contributed by atoms with Crippen LogP contribution in [0.15, 0.2) is 24.4 Å². The number of piperidine rings is 1. The first-order chi connectivity index (χ1) is 13.5. The third-order valence-electron chi connectivity index (χ3n) is 5.03. The molecule has 1 saturated heterocycles. The Labute approximate surface area is 175 Å². The fourth-order valence-electron chi connectivity index (χ4n) is 3.48. The van der Waals surface area contributed by atoms with Gasteiger partial charge in [-0.3, -0.25) is 9.59 Å². The van der Waals surface area contributed by atoms with Crippen molar-refractivity contribution >= 4 is 39.9 Å². The molecule has 0 spiro atoms. The standard InChI is InChI=1S/C21H26ClN3O2S/c1-3-6-18(26)25-10-5-9-16(13-25)20(27)24-21-23-12-17(28-21)11-15-8-4-7-14(2)19(15)22/h4,7-8,12,16H,3,5-6,9-11,13H2,1-2H3,(H,23,24,27). The molecule has 0 saturated carbocycles. The Morgan fingerprint density at radius 3 is 3.00 bits per heavy atom. The number of hydrogen-bond donors (Lipinski definition) is 1. The molecule has 7 heteroatoms. The van der Waals surface area contributed by atoms with Crippen LogP contribution in [0.2, 0.25) is 5.02 Å². The Kier molecular flexibility index (Phi) is 7.08. The lowest BCUT2D eigenvalue weighted by Gasteiger charge is -2.31. The summed E-state index contributed by atoms with van der Waals surface area (Å²) < 4.78 is 0. The van der Waals surface area contributed by atoms with E-state index in [2.05, 4.69) is 10.3 Å². The Morgan fingerprint density at radius 1 is 1.39 bits per heavy atom. The number of aromatic nitrogens is 1. The lowest BCUT2D eigenvalue weighted by molar-refractivity contribution is -0.134. The van der Waals surface area contributed by atoms with Gasteiger partial charge in [0.1, 0.15) is 0 Å². The summed E-state index contributed by atoms with van der Waals surface area (Å²) in [6.07, 6.45) is 5.53. The SMILES string of the molecule is CCCC(=O)N1CCCC(C(=O)Nc2ncc(Cc3cccc(C)c3Cl)s2)C1. The van der Waals surface area contributed by atoms with E-state index in [1.54, 1.807) is 6.20 Å². The van der Waals surface area contributed by atoms with Gasteiger partial charge in [-0.2, -0.15) is 0 Å². The van der Waals surface area contributed by atoms with Gasteiger partial charge in [0.05, 0.1) is 5.92 Å². The zero-order valence-corrected chi connectivity index (χ0v) is 17.9. The van der Waals surface area contributed by atoms with Gasteiger partial charge in [-0.1, -0.05) is 36.7 Å². The van der Waals surface area contributed by atoms with Crippen molar-refractivity contribution in [2.24, 2.45) is 5.92 Å². The minimum atomic E-state index is -0.173. The number of thiazole rings is 1. The van der Waals surface area contributed by atoms with Crippen LogP contribution in [0.3, 0.4) is 0 Å². The van der Waals surface area contributed by atoms with Crippen LogP contribution in [-0.4, -0.2) is 34.8 Å².